The van der Waals surface area contributed by atoms with Crippen LogP contribution in [0.25, 0.3) is 11.0 Å². The van der Waals surface area contributed by atoms with Gasteiger partial charge in [0.2, 0.25) is 10.9 Å². The third-order valence-electron chi connectivity index (χ3n) is 5.72. The summed E-state index contributed by atoms with van der Waals surface area (Å²) in [5.74, 6) is 0.00535. The number of carbonyl (C=O) groups is 1. The predicted octanol–water partition coefficient (Wildman–Crippen LogP) is 5.73. The maximum Gasteiger partial charge on any atom is 0.297 e. The molecule has 0 radical (unpaired) electrons. The van der Waals surface area contributed by atoms with Crippen molar-refractivity contribution < 1.29 is 9.21 Å². The fourth-order valence-corrected chi connectivity index (χ4v) is 4.98. The van der Waals surface area contributed by atoms with Crippen LogP contribution in [0.4, 0.5) is 5.13 Å². The fraction of sp³-hybridized carbons (Fsp3) is 0.250. The zero-order valence-electron chi connectivity index (χ0n) is 17.8. The summed E-state index contributed by atoms with van der Waals surface area (Å²) in [5, 5.41) is 10.5. The number of nitrogens with zero attached hydrogens (tertiary/aromatic N) is 3. The van der Waals surface area contributed by atoms with Crippen molar-refractivity contribution in [2.75, 3.05) is 4.90 Å². The van der Waals surface area contributed by atoms with Crippen LogP contribution in [0.1, 0.15) is 65.0 Å². The van der Waals surface area contributed by atoms with Gasteiger partial charge in [-0.3, -0.25) is 14.5 Å². The topological polar surface area (TPSA) is 76.3 Å². The van der Waals surface area contributed by atoms with Gasteiger partial charge in [-0.15, -0.1) is 10.2 Å². The summed E-state index contributed by atoms with van der Waals surface area (Å²) in [6, 6.07) is 12.1. The Balaban J connectivity index is 1.77. The van der Waals surface area contributed by atoms with Crippen LogP contribution in [0.15, 0.2) is 51.7 Å². The first-order valence-electron chi connectivity index (χ1n) is 10.4. The maximum atomic E-state index is 13.6. The number of aromatic nitrogens is 2. The van der Waals surface area contributed by atoms with Crippen molar-refractivity contribution in [3.05, 3.63) is 85.2 Å². The smallest absolute Gasteiger partial charge is 0.297 e. The molecule has 4 aromatic rings. The molecule has 2 aromatic heterocycles. The number of hydrogen-bond acceptors (Lipinski definition) is 6. The van der Waals surface area contributed by atoms with Gasteiger partial charge in [0.1, 0.15) is 10.6 Å². The zero-order valence-corrected chi connectivity index (χ0v) is 19.3. The Hall–Kier alpha value is -3.03. The Labute approximate surface area is 193 Å². The number of fused-ring (bicyclic) bond motifs is 2. The van der Waals surface area contributed by atoms with E-state index in [9.17, 15) is 9.59 Å². The number of carbonyl (C=O) groups excluding carboxylic acids is 1. The molecule has 1 aliphatic rings. The van der Waals surface area contributed by atoms with Gasteiger partial charge in [0.15, 0.2) is 5.43 Å². The highest BCUT2D eigenvalue weighted by Crippen LogP contribution is 2.42. The molecule has 0 saturated carbocycles. The Morgan fingerprint density at radius 3 is 2.53 bits per heavy atom. The average Bonchev–Trinajstić information content (AvgIpc) is 3.37. The second-order valence-electron chi connectivity index (χ2n) is 8.05. The standard InChI is InChI=1S/C24H20ClN3O3S/c1-4-18-26-27-24(32-18)28-20(14-7-5-13(6-8-14)12(2)3)19-21(29)16-11-15(25)9-10-17(16)31-22(19)23(28)30/h5-12,20H,4H2,1-3H3. The van der Waals surface area contributed by atoms with Gasteiger partial charge in [-0.05, 0) is 41.7 Å². The van der Waals surface area contributed by atoms with Crippen LogP contribution in [-0.2, 0) is 6.42 Å². The van der Waals surface area contributed by atoms with Gasteiger partial charge < -0.3 is 4.42 Å². The predicted molar refractivity (Wildman–Crippen MR) is 126 cm³/mol. The molecule has 2 aromatic carbocycles. The molecule has 0 spiro atoms. The number of aryl methyl sites for hydroxylation is 1. The van der Waals surface area contributed by atoms with Crippen molar-refractivity contribution in [3.63, 3.8) is 0 Å². The van der Waals surface area contributed by atoms with E-state index in [4.69, 9.17) is 16.0 Å². The van der Waals surface area contributed by atoms with E-state index in [1.807, 2.05) is 31.2 Å². The molecule has 162 valence electrons. The molecule has 6 nitrogen and oxygen atoms in total. The van der Waals surface area contributed by atoms with E-state index in [1.54, 1.807) is 18.2 Å². The lowest BCUT2D eigenvalue weighted by Gasteiger charge is -2.22. The summed E-state index contributed by atoms with van der Waals surface area (Å²) in [6.07, 6.45) is 0.708. The largest absolute Gasteiger partial charge is 0.450 e. The summed E-state index contributed by atoms with van der Waals surface area (Å²) < 4.78 is 5.96. The molecule has 1 atom stereocenters. The van der Waals surface area contributed by atoms with E-state index in [-0.39, 0.29) is 11.2 Å². The minimum atomic E-state index is -0.656. The van der Waals surface area contributed by atoms with Crippen LogP contribution in [-0.4, -0.2) is 16.1 Å². The van der Waals surface area contributed by atoms with Gasteiger partial charge in [0.25, 0.3) is 5.91 Å². The summed E-state index contributed by atoms with van der Waals surface area (Å²) in [7, 11) is 0. The molecule has 0 bridgehead atoms. The molecule has 0 aliphatic carbocycles. The van der Waals surface area contributed by atoms with Crippen LogP contribution in [0, 0.1) is 0 Å². The first-order chi connectivity index (χ1) is 15.4. The lowest BCUT2D eigenvalue weighted by Crippen LogP contribution is -2.29. The van der Waals surface area contributed by atoms with Crippen LogP contribution < -0.4 is 10.3 Å². The van der Waals surface area contributed by atoms with Crippen LogP contribution in [0.3, 0.4) is 0 Å². The van der Waals surface area contributed by atoms with Gasteiger partial charge in [0, 0.05) is 5.02 Å². The van der Waals surface area contributed by atoms with Crippen LogP contribution in [0.5, 0.6) is 0 Å². The molecule has 1 amide bonds. The van der Waals surface area contributed by atoms with Gasteiger partial charge in [-0.2, -0.15) is 0 Å². The Morgan fingerprint density at radius 1 is 1.12 bits per heavy atom. The summed E-state index contributed by atoms with van der Waals surface area (Å²) in [5.41, 5.74) is 2.34. The second-order valence-corrected chi connectivity index (χ2v) is 9.52. The molecule has 1 aliphatic heterocycles. The number of anilines is 1. The zero-order chi connectivity index (χ0) is 22.6. The highest BCUT2D eigenvalue weighted by molar-refractivity contribution is 7.15. The fourth-order valence-electron chi connectivity index (χ4n) is 4.01. The molecular weight excluding hydrogens is 446 g/mol. The number of amides is 1. The van der Waals surface area contributed by atoms with E-state index >= 15 is 0 Å². The van der Waals surface area contributed by atoms with E-state index in [2.05, 4.69) is 24.0 Å². The summed E-state index contributed by atoms with van der Waals surface area (Å²) in [6.45, 7) is 6.22. The number of rotatable bonds is 4. The number of hydrogen-bond donors (Lipinski definition) is 0. The van der Waals surface area contributed by atoms with E-state index in [0.717, 1.165) is 10.6 Å². The SMILES string of the molecule is CCc1nnc(N2C(=O)c3oc4ccc(Cl)cc4c(=O)c3C2c2ccc(C(C)C)cc2)s1. The number of benzene rings is 2. The van der Waals surface area contributed by atoms with E-state index in [1.165, 1.54) is 21.8 Å². The van der Waals surface area contributed by atoms with Gasteiger partial charge >= 0.3 is 0 Å². The summed E-state index contributed by atoms with van der Waals surface area (Å²) >= 11 is 7.48. The van der Waals surface area contributed by atoms with Crippen molar-refractivity contribution in [1.82, 2.24) is 10.2 Å². The summed E-state index contributed by atoms with van der Waals surface area (Å²) in [4.78, 5) is 28.6. The second kappa shape index (κ2) is 7.83. The van der Waals surface area contributed by atoms with Gasteiger partial charge in [-0.1, -0.05) is 68.0 Å². The lowest BCUT2D eigenvalue weighted by molar-refractivity contribution is 0.0970. The van der Waals surface area contributed by atoms with Crippen molar-refractivity contribution in [1.29, 1.82) is 0 Å². The molecule has 3 heterocycles. The van der Waals surface area contributed by atoms with Crippen LogP contribution >= 0.6 is 22.9 Å². The highest BCUT2D eigenvalue weighted by Gasteiger charge is 2.45. The quantitative estimate of drug-likeness (QED) is 0.384. The van der Waals surface area contributed by atoms with E-state index < -0.39 is 11.9 Å². The molecular formula is C24H20ClN3O3S. The molecule has 0 N–H and O–H groups in total. The van der Waals surface area contributed by atoms with Crippen LogP contribution in [0.2, 0.25) is 5.02 Å². The molecule has 32 heavy (non-hydrogen) atoms. The molecule has 0 fully saturated rings. The van der Waals surface area contributed by atoms with Gasteiger partial charge in [0.05, 0.1) is 17.0 Å². The monoisotopic (exact) mass is 465 g/mol. The van der Waals surface area contributed by atoms with Gasteiger partial charge in [-0.25, -0.2) is 0 Å². The molecule has 0 saturated heterocycles. The molecule has 5 rings (SSSR count). The minimum absolute atomic E-state index is 0.0380. The third-order valence-corrected chi connectivity index (χ3v) is 7.02. The third kappa shape index (κ3) is 3.24. The Bertz CT molecular complexity index is 1410. The lowest BCUT2D eigenvalue weighted by atomic mass is 9.95. The van der Waals surface area contributed by atoms with Crippen molar-refractivity contribution in [2.45, 2.75) is 39.2 Å². The number of halogens is 1. The van der Waals surface area contributed by atoms with Crippen molar-refractivity contribution >= 4 is 44.9 Å². The average molecular weight is 466 g/mol. The van der Waals surface area contributed by atoms with Crippen molar-refractivity contribution in [2.24, 2.45) is 0 Å². The molecule has 8 heteroatoms. The minimum Gasteiger partial charge on any atom is -0.450 e. The van der Waals surface area contributed by atoms with E-state index in [0.29, 0.717) is 39.0 Å². The van der Waals surface area contributed by atoms with Crippen molar-refractivity contribution in [3.8, 4) is 0 Å². The highest BCUT2D eigenvalue weighted by atomic mass is 35.5. The molecule has 1 unspecified atom stereocenters. The first-order valence-corrected chi connectivity index (χ1v) is 11.6. The normalized spacial score (nSPS) is 15.7. The first kappa shape index (κ1) is 20.8. The Morgan fingerprint density at radius 2 is 1.88 bits per heavy atom. The Kier molecular flexibility index (Phi) is 5.10. The maximum absolute atomic E-state index is 13.6.